The van der Waals surface area contributed by atoms with Crippen molar-refractivity contribution in [3.8, 4) is 5.69 Å². The van der Waals surface area contributed by atoms with Gasteiger partial charge in [0, 0.05) is 0 Å². The first-order chi connectivity index (χ1) is 12.0. The zero-order valence-electron chi connectivity index (χ0n) is 13.0. The van der Waals surface area contributed by atoms with Gasteiger partial charge in [-0.05, 0) is 30.2 Å². The highest BCUT2D eigenvalue weighted by Crippen LogP contribution is 2.39. The summed E-state index contributed by atoms with van der Waals surface area (Å²) >= 11 is 10.2. The Morgan fingerprint density at radius 1 is 1.42 bits per heavy atom. The molecule has 0 fully saturated rings. The van der Waals surface area contributed by atoms with Crippen LogP contribution in [0.3, 0.4) is 0 Å². The number of amidine groups is 1. The average molecular weight is 430 g/mol. The van der Waals surface area contributed by atoms with Crippen LogP contribution in [0.5, 0.6) is 0 Å². The molecule has 1 unspecified atom stereocenters. The monoisotopic (exact) mass is 429 g/mol. The lowest BCUT2D eigenvalue weighted by Crippen LogP contribution is -2.22. The number of nitrogens with one attached hydrogen (secondary N) is 2. The first kappa shape index (κ1) is 20.6. The van der Waals surface area contributed by atoms with Gasteiger partial charge in [-0.1, -0.05) is 23.2 Å². The Morgan fingerprint density at radius 3 is 2.38 bits per heavy atom. The molecule has 1 atom stereocenters. The minimum atomic E-state index is -4.66. The number of hydrogen-bond donors (Lipinski definition) is 4. The highest BCUT2D eigenvalue weighted by Gasteiger charge is 2.34. The molecule has 0 amide bonds. The Kier molecular flexibility index (Phi) is 5.98. The van der Waals surface area contributed by atoms with E-state index >= 15 is 0 Å². The van der Waals surface area contributed by atoms with Gasteiger partial charge in [0.15, 0.2) is 17.3 Å². The Hall–Kier alpha value is -1.66. The second-order valence-corrected chi connectivity index (χ2v) is 7.37. The van der Waals surface area contributed by atoms with E-state index in [2.05, 4.69) is 5.10 Å². The van der Waals surface area contributed by atoms with Crippen LogP contribution in [0.4, 0.5) is 19.0 Å². The third-order valence-corrected chi connectivity index (χ3v) is 5.23. The predicted octanol–water partition coefficient (Wildman–Crippen LogP) is 3.21. The van der Waals surface area contributed by atoms with Crippen LogP contribution in [-0.2, 0) is 17.4 Å². The van der Waals surface area contributed by atoms with E-state index in [1.807, 2.05) is 0 Å². The van der Waals surface area contributed by atoms with E-state index in [0.29, 0.717) is 12.1 Å². The molecule has 1 aromatic heterocycles. The molecule has 0 aliphatic rings. The minimum absolute atomic E-state index is 0.0777. The minimum Gasteiger partial charge on any atom is -0.611 e. The smallest absolute Gasteiger partial charge is 0.416 e. The van der Waals surface area contributed by atoms with E-state index in [1.165, 1.54) is 0 Å². The molecule has 0 aliphatic heterocycles. The van der Waals surface area contributed by atoms with E-state index in [4.69, 9.17) is 39.6 Å². The van der Waals surface area contributed by atoms with Crippen LogP contribution in [0.2, 0.25) is 10.0 Å². The fourth-order valence-corrected chi connectivity index (χ4v) is 3.72. The second kappa shape index (κ2) is 7.53. The third kappa shape index (κ3) is 3.71. The lowest BCUT2D eigenvalue weighted by atomic mass is 10.2. The Labute approximate surface area is 158 Å². The number of benzene rings is 1. The van der Waals surface area contributed by atoms with Gasteiger partial charge in [-0.2, -0.15) is 18.3 Å². The van der Waals surface area contributed by atoms with Crippen molar-refractivity contribution in [2.75, 3.05) is 11.5 Å². The summed E-state index contributed by atoms with van der Waals surface area (Å²) in [5.41, 5.74) is 5.99. The van der Waals surface area contributed by atoms with E-state index in [0.717, 1.165) is 4.68 Å². The van der Waals surface area contributed by atoms with Gasteiger partial charge < -0.3 is 10.3 Å². The van der Waals surface area contributed by atoms with Gasteiger partial charge in [-0.25, -0.2) is 4.68 Å². The summed E-state index contributed by atoms with van der Waals surface area (Å²) in [5.74, 6) is -0.717. The van der Waals surface area contributed by atoms with Crippen LogP contribution in [-0.4, -0.2) is 31.1 Å². The predicted molar refractivity (Wildman–Crippen MR) is 91.7 cm³/mol. The van der Waals surface area contributed by atoms with E-state index in [1.54, 1.807) is 12.4 Å². The van der Waals surface area contributed by atoms with E-state index in [-0.39, 0.29) is 27.8 Å². The first-order valence-electron chi connectivity index (χ1n) is 6.85. The molecule has 26 heavy (non-hydrogen) atoms. The lowest BCUT2D eigenvalue weighted by molar-refractivity contribution is -0.137. The Balaban J connectivity index is 2.74. The zero-order valence-corrected chi connectivity index (χ0v) is 15.3. The van der Waals surface area contributed by atoms with E-state index < -0.39 is 38.8 Å². The summed E-state index contributed by atoms with van der Waals surface area (Å²) in [4.78, 5) is -0.0777. The summed E-state index contributed by atoms with van der Waals surface area (Å²) in [5, 5.41) is 19.7. The highest BCUT2D eigenvalue weighted by molar-refractivity contribution is 7.91. The van der Waals surface area contributed by atoms with Gasteiger partial charge in [0.1, 0.15) is 11.4 Å². The molecule has 0 spiro atoms. The van der Waals surface area contributed by atoms with Gasteiger partial charge in [-0.15, -0.1) is 0 Å². The number of rotatable bonds is 4. The fourth-order valence-electron chi connectivity index (χ4n) is 2.10. The number of nitrogens with zero attached hydrogens (tertiary/aromatic N) is 2. The third-order valence-electron chi connectivity index (χ3n) is 3.27. The first-order valence-corrected chi connectivity index (χ1v) is 8.92. The molecule has 0 bridgehead atoms. The van der Waals surface area contributed by atoms with Crippen molar-refractivity contribution in [2.24, 2.45) is 0 Å². The molecular weight excluding hydrogens is 418 g/mol. The molecule has 1 heterocycles. The molecule has 5 N–H and O–H groups in total. The van der Waals surface area contributed by atoms with Crippen molar-refractivity contribution in [2.45, 2.75) is 18.0 Å². The molecule has 0 saturated carbocycles. The van der Waals surface area contributed by atoms with Crippen LogP contribution in [0.25, 0.3) is 5.69 Å². The van der Waals surface area contributed by atoms with Gasteiger partial charge in [-0.3, -0.25) is 16.1 Å². The number of hydrogen-bond acceptors (Lipinski definition) is 5. The number of alkyl halides is 3. The van der Waals surface area contributed by atoms with Gasteiger partial charge in [0.25, 0.3) is 0 Å². The largest absolute Gasteiger partial charge is 0.611 e. The molecule has 13 heteroatoms. The quantitative estimate of drug-likeness (QED) is 0.257. The summed E-state index contributed by atoms with van der Waals surface area (Å²) in [7, 11) is 0. The summed E-state index contributed by atoms with van der Waals surface area (Å²) < 4.78 is 51.7. The van der Waals surface area contributed by atoms with Crippen molar-refractivity contribution >= 4 is 46.0 Å². The van der Waals surface area contributed by atoms with Gasteiger partial charge in [0.2, 0.25) is 4.90 Å². The van der Waals surface area contributed by atoms with Crippen LogP contribution < -0.4 is 11.2 Å². The molecule has 0 saturated heterocycles. The number of aromatic nitrogens is 2. The Bertz CT molecular complexity index is 836. The van der Waals surface area contributed by atoms with Crippen LogP contribution in [0.15, 0.2) is 17.0 Å². The number of nitrogen functional groups attached to an aromatic ring is 1. The summed E-state index contributed by atoms with van der Waals surface area (Å²) in [6, 6.07) is 1.30. The number of nitrogens with two attached hydrogens (primary N) is 1. The molecule has 142 valence electrons. The zero-order chi connectivity index (χ0) is 19.8. The topological polar surface area (TPSA) is 123 Å². The van der Waals surface area contributed by atoms with Crippen molar-refractivity contribution in [3.63, 3.8) is 0 Å². The summed E-state index contributed by atoms with van der Waals surface area (Å²) in [6.07, 6.45) is -4.66. The maximum Gasteiger partial charge on any atom is 0.416 e. The SMILES string of the molecule is CC[S+]([O-])c1c(C(=N)NO)nn(-c2c(Cl)cc(C(F)(F)F)cc2Cl)c1N. The highest BCUT2D eigenvalue weighted by atomic mass is 35.5. The second-order valence-electron chi connectivity index (χ2n) is 4.88. The lowest BCUT2D eigenvalue weighted by Gasteiger charge is -2.13. The summed E-state index contributed by atoms with van der Waals surface area (Å²) in [6.45, 7) is 1.59. The van der Waals surface area contributed by atoms with Crippen molar-refractivity contribution in [1.29, 1.82) is 5.41 Å². The van der Waals surface area contributed by atoms with E-state index in [9.17, 15) is 17.7 Å². The van der Waals surface area contributed by atoms with Crippen molar-refractivity contribution in [3.05, 3.63) is 33.4 Å². The van der Waals surface area contributed by atoms with Crippen LogP contribution >= 0.6 is 23.2 Å². The molecule has 0 radical (unpaired) electrons. The molecular formula is C13H12Cl2F3N5O2S. The number of anilines is 1. The van der Waals surface area contributed by atoms with Crippen molar-refractivity contribution < 1.29 is 22.9 Å². The average Bonchev–Trinajstić information content (AvgIpc) is 2.89. The van der Waals surface area contributed by atoms with Crippen LogP contribution in [0.1, 0.15) is 18.2 Å². The standard InChI is InChI=1S/C13H12Cl2F3N5O2S/c1-2-26(25)10-8(11(19)22-24)21-23(12(10)20)9-6(14)3-5(4-7(9)15)13(16,17)18/h3-4,24H,2,20H2,1H3,(H2,19,22). The van der Waals surface area contributed by atoms with Crippen molar-refractivity contribution in [1.82, 2.24) is 15.3 Å². The number of halogens is 5. The molecule has 0 aliphatic carbocycles. The molecule has 1 aromatic carbocycles. The molecule has 2 aromatic rings. The molecule has 7 nitrogen and oxygen atoms in total. The maximum atomic E-state index is 12.9. The maximum absolute atomic E-state index is 12.9. The molecule has 2 rings (SSSR count). The number of hydroxylamine groups is 1. The van der Waals surface area contributed by atoms with Gasteiger partial charge >= 0.3 is 6.18 Å². The Morgan fingerprint density at radius 2 is 1.96 bits per heavy atom. The van der Waals surface area contributed by atoms with Crippen LogP contribution in [0, 0.1) is 5.41 Å². The normalized spacial score (nSPS) is 12.9. The fraction of sp³-hybridized carbons (Fsp3) is 0.231. The van der Waals surface area contributed by atoms with Gasteiger partial charge in [0.05, 0.1) is 15.6 Å².